The maximum absolute atomic E-state index is 12.8. The summed E-state index contributed by atoms with van der Waals surface area (Å²) in [5.41, 5.74) is 1.33. The van der Waals surface area contributed by atoms with E-state index >= 15 is 0 Å². The molecule has 10 nitrogen and oxygen atoms in total. The largest absolute Gasteiger partial charge is 0.462 e. The Bertz CT molecular complexity index is 958. The van der Waals surface area contributed by atoms with Gasteiger partial charge in [-0.25, -0.2) is 4.79 Å². The zero-order valence-electron chi connectivity index (χ0n) is 21.8. The number of nitrogens with zero attached hydrogens (tertiary/aromatic N) is 7. The van der Waals surface area contributed by atoms with Crippen molar-refractivity contribution in [1.29, 1.82) is 5.26 Å². The molecule has 1 amide bonds. The molecule has 0 aliphatic carbocycles. The van der Waals surface area contributed by atoms with Crippen molar-refractivity contribution < 1.29 is 14.3 Å². The number of carbonyl (C=O) groups excluding carboxylic acids is 1. The Morgan fingerprint density at radius 3 is 2.57 bits per heavy atom. The monoisotopic (exact) mass is 485 g/mol. The number of hydrogen-bond donors (Lipinski definition) is 0. The first-order chi connectivity index (χ1) is 16.6. The van der Waals surface area contributed by atoms with E-state index in [1.807, 2.05) is 20.8 Å². The molecule has 192 valence electrons. The van der Waals surface area contributed by atoms with Crippen LogP contribution < -0.4 is 9.64 Å². The van der Waals surface area contributed by atoms with Crippen molar-refractivity contribution in [3.05, 3.63) is 11.3 Å². The van der Waals surface area contributed by atoms with Gasteiger partial charge in [0.2, 0.25) is 0 Å². The zero-order chi connectivity index (χ0) is 25.2. The molecule has 0 saturated carbocycles. The van der Waals surface area contributed by atoms with Gasteiger partial charge in [0.25, 0.3) is 0 Å². The second kappa shape index (κ2) is 10.5. The zero-order valence-corrected chi connectivity index (χ0v) is 21.8. The topological polar surface area (TPSA) is 98.1 Å². The third-order valence-corrected chi connectivity index (χ3v) is 7.15. The molecule has 2 saturated heterocycles. The second-order valence-corrected chi connectivity index (χ2v) is 10.9. The van der Waals surface area contributed by atoms with Crippen LogP contribution in [0.4, 0.5) is 10.6 Å². The van der Waals surface area contributed by atoms with E-state index in [2.05, 4.69) is 34.9 Å². The van der Waals surface area contributed by atoms with E-state index in [-0.39, 0.29) is 12.1 Å². The van der Waals surface area contributed by atoms with Gasteiger partial charge in [-0.05, 0) is 60.7 Å². The Hall–Kier alpha value is -2.64. The molecule has 2 fully saturated rings. The number of nitriles is 1. The lowest BCUT2D eigenvalue weighted by molar-refractivity contribution is 0.0220. The molecule has 1 aromatic rings. The Kier molecular flexibility index (Phi) is 7.67. The van der Waals surface area contributed by atoms with Gasteiger partial charge in [0.1, 0.15) is 18.0 Å². The molecule has 10 heteroatoms. The highest BCUT2D eigenvalue weighted by Crippen LogP contribution is 2.31. The molecule has 1 aromatic heterocycles. The van der Waals surface area contributed by atoms with E-state index in [1.165, 1.54) is 6.42 Å². The van der Waals surface area contributed by atoms with Crippen LogP contribution in [0.25, 0.3) is 0 Å². The summed E-state index contributed by atoms with van der Waals surface area (Å²) in [6, 6.07) is 3.19. The lowest BCUT2D eigenvalue weighted by atomic mass is 10.0. The van der Waals surface area contributed by atoms with Crippen LogP contribution in [-0.2, 0) is 17.7 Å². The first-order valence-corrected chi connectivity index (χ1v) is 12.7. The number of piperazine rings is 1. The van der Waals surface area contributed by atoms with Crippen LogP contribution in [0.1, 0.15) is 51.3 Å². The van der Waals surface area contributed by atoms with Gasteiger partial charge in [-0.2, -0.15) is 15.2 Å². The average molecular weight is 486 g/mol. The van der Waals surface area contributed by atoms with Gasteiger partial charge < -0.3 is 24.2 Å². The minimum Gasteiger partial charge on any atom is -0.462 e. The van der Waals surface area contributed by atoms with Crippen LogP contribution in [0.15, 0.2) is 0 Å². The summed E-state index contributed by atoms with van der Waals surface area (Å²) < 4.78 is 11.8. The number of hydrogen-bond acceptors (Lipinski definition) is 9. The first-order valence-electron chi connectivity index (χ1n) is 12.7. The van der Waals surface area contributed by atoms with E-state index in [1.54, 1.807) is 4.90 Å². The van der Waals surface area contributed by atoms with Gasteiger partial charge in [0.15, 0.2) is 0 Å². The second-order valence-electron chi connectivity index (χ2n) is 10.9. The van der Waals surface area contributed by atoms with Crippen molar-refractivity contribution in [3.63, 3.8) is 0 Å². The molecule has 0 radical (unpaired) electrons. The van der Waals surface area contributed by atoms with E-state index < -0.39 is 5.60 Å². The Labute approximate surface area is 208 Å². The highest BCUT2D eigenvalue weighted by molar-refractivity contribution is 5.69. The van der Waals surface area contributed by atoms with E-state index in [0.29, 0.717) is 44.6 Å². The molecule has 3 aliphatic rings. The number of amides is 1. The van der Waals surface area contributed by atoms with Crippen molar-refractivity contribution in [2.45, 2.75) is 70.7 Å². The molecule has 0 bridgehead atoms. The summed E-state index contributed by atoms with van der Waals surface area (Å²) in [5.74, 6) is 0.879. The molecule has 0 aromatic carbocycles. The molecular formula is C25H39N7O3. The van der Waals surface area contributed by atoms with E-state index in [0.717, 1.165) is 49.7 Å². The van der Waals surface area contributed by atoms with Crippen molar-refractivity contribution in [3.8, 4) is 12.1 Å². The highest BCUT2D eigenvalue weighted by atomic mass is 16.6. The fourth-order valence-corrected chi connectivity index (χ4v) is 5.02. The minimum atomic E-state index is -0.550. The molecule has 3 aliphatic heterocycles. The SMILES string of the molecule is CN1CCN(c2nc(OC[C@@H]3CCCN3C)nc3c2CCN(C(=O)OC(C)(C)C)C3)C[C@H]1CC#N. The average Bonchev–Trinajstić information content (AvgIpc) is 3.22. The maximum atomic E-state index is 12.8. The van der Waals surface area contributed by atoms with Crippen LogP contribution in [-0.4, -0.2) is 102 Å². The molecule has 2 atom stereocenters. The summed E-state index contributed by atoms with van der Waals surface area (Å²) >= 11 is 0. The smallest absolute Gasteiger partial charge is 0.410 e. The van der Waals surface area contributed by atoms with E-state index in [4.69, 9.17) is 19.4 Å². The minimum absolute atomic E-state index is 0.151. The number of anilines is 1. The third kappa shape index (κ3) is 6.14. The summed E-state index contributed by atoms with van der Waals surface area (Å²) in [7, 11) is 4.19. The summed E-state index contributed by atoms with van der Waals surface area (Å²) in [6.45, 7) is 10.6. The predicted molar refractivity (Wildman–Crippen MR) is 132 cm³/mol. The Morgan fingerprint density at radius 2 is 1.89 bits per heavy atom. The van der Waals surface area contributed by atoms with Crippen molar-refractivity contribution in [2.75, 3.05) is 58.3 Å². The number of likely N-dealkylation sites (tertiary alicyclic amines) is 1. The Morgan fingerprint density at radius 1 is 1.11 bits per heavy atom. The quantitative estimate of drug-likeness (QED) is 0.622. The maximum Gasteiger partial charge on any atom is 0.410 e. The van der Waals surface area contributed by atoms with Gasteiger partial charge in [0, 0.05) is 43.8 Å². The predicted octanol–water partition coefficient (Wildman–Crippen LogP) is 2.28. The fourth-order valence-electron chi connectivity index (χ4n) is 5.02. The summed E-state index contributed by atoms with van der Waals surface area (Å²) in [6.07, 6.45) is 3.09. The van der Waals surface area contributed by atoms with Crippen molar-refractivity contribution in [2.24, 2.45) is 0 Å². The molecule has 0 spiro atoms. The van der Waals surface area contributed by atoms with Gasteiger partial charge in [-0.1, -0.05) is 0 Å². The van der Waals surface area contributed by atoms with Crippen LogP contribution in [0.3, 0.4) is 0 Å². The molecule has 4 rings (SSSR count). The van der Waals surface area contributed by atoms with Crippen molar-refractivity contribution in [1.82, 2.24) is 24.7 Å². The molecule has 0 N–H and O–H groups in total. The van der Waals surface area contributed by atoms with Crippen molar-refractivity contribution >= 4 is 11.9 Å². The molecule has 0 unspecified atom stereocenters. The number of aromatic nitrogens is 2. The standard InChI is InChI=1S/C25H39N7O3/c1-25(2,3)35-24(33)32-12-9-20-21(16-32)27-23(34-17-19-7-6-11-29(19)4)28-22(20)31-14-13-30(5)18(15-31)8-10-26/h18-19H,6-9,11-17H2,1-5H3/t18-,19+/m1/s1. The molecular weight excluding hydrogens is 446 g/mol. The number of rotatable bonds is 5. The van der Waals surface area contributed by atoms with Crippen LogP contribution in [0, 0.1) is 11.3 Å². The first kappa shape index (κ1) is 25.5. The van der Waals surface area contributed by atoms with Crippen LogP contribution >= 0.6 is 0 Å². The van der Waals surface area contributed by atoms with Gasteiger partial charge in [-0.15, -0.1) is 0 Å². The van der Waals surface area contributed by atoms with Crippen LogP contribution in [0.5, 0.6) is 6.01 Å². The normalized spacial score (nSPS) is 23.7. The number of ether oxygens (including phenoxy) is 2. The summed E-state index contributed by atoms with van der Waals surface area (Å²) in [4.78, 5) is 30.9. The number of carbonyl (C=O) groups is 1. The fraction of sp³-hybridized carbons (Fsp3) is 0.760. The molecule has 4 heterocycles. The number of fused-ring (bicyclic) bond motifs is 1. The third-order valence-electron chi connectivity index (χ3n) is 7.15. The Balaban J connectivity index is 1.59. The highest BCUT2D eigenvalue weighted by Gasteiger charge is 2.33. The lowest BCUT2D eigenvalue weighted by Crippen LogP contribution is -2.52. The van der Waals surface area contributed by atoms with Gasteiger partial charge >= 0.3 is 12.1 Å². The van der Waals surface area contributed by atoms with Gasteiger partial charge in [0.05, 0.1) is 24.7 Å². The summed E-state index contributed by atoms with van der Waals surface area (Å²) in [5, 5.41) is 9.29. The number of likely N-dealkylation sites (N-methyl/N-ethyl adjacent to an activating group) is 2. The van der Waals surface area contributed by atoms with Crippen LogP contribution in [0.2, 0.25) is 0 Å². The van der Waals surface area contributed by atoms with Gasteiger partial charge in [-0.3, -0.25) is 4.90 Å². The molecule has 35 heavy (non-hydrogen) atoms. The van der Waals surface area contributed by atoms with E-state index in [9.17, 15) is 10.1 Å². The lowest BCUT2D eigenvalue weighted by Gasteiger charge is -2.40.